The highest BCUT2D eigenvalue weighted by atomic mass is 79.9. The highest BCUT2D eigenvalue weighted by molar-refractivity contribution is 9.10. The molecule has 0 saturated carbocycles. The molecule has 1 heterocycles. The normalized spacial score (nSPS) is 17.6. The molecular formula is C13H11BrClNO3S. The first kappa shape index (κ1) is 15.4. The van der Waals surface area contributed by atoms with Gasteiger partial charge in [-0.05, 0) is 59.7 Å². The van der Waals surface area contributed by atoms with Crippen molar-refractivity contribution in [3.05, 3.63) is 32.1 Å². The molecule has 1 N–H and O–H groups in total. The van der Waals surface area contributed by atoms with Crippen molar-refractivity contribution < 1.29 is 14.7 Å². The van der Waals surface area contributed by atoms with Gasteiger partial charge in [-0.15, -0.1) is 0 Å². The Kier molecular flexibility index (Phi) is 4.46. The molecule has 0 spiro atoms. The number of phenolic OH excluding ortho intramolecular Hbond substituents is 1. The maximum atomic E-state index is 12.1. The zero-order chi connectivity index (χ0) is 15.0. The number of thioether (sulfide) groups is 1. The minimum Gasteiger partial charge on any atom is -0.506 e. The molecule has 1 fully saturated rings. The van der Waals surface area contributed by atoms with Crippen LogP contribution >= 0.6 is 39.3 Å². The number of benzene rings is 1. The van der Waals surface area contributed by atoms with Gasteiger partial charge >= 0.3 is 0 Å². The van der Waals surface area contributed by atoms with E-state index in [9.17, 15) is 14.7 Å². The number of phenols is 1. The van der Waals surface area contributed by atoms with Crippen LogP contribution in [0.4, 0.5) is 4.79 Å². The number of nitrogens with zero attached hydrogens (tertiary/aromatic N) is 1. The van der Waals surface area contributed by atoms with Crippen LogP contribution in [-0.2, 0) is 4.79 Å². The molecule has 0 aromatic heterocycles. The lowest BCUT2D eigenvalue weighted by Gasteiger charge is -2.16. The summed E-state index contributed by atoms with van der Waals surface area (Å²) in [6.45, 7) is 3.54. The molecule has 7 heteroatoms. The predicted molar refractivity (Wildman–Crippen MR) is 83.8 cm³/mol. The first-order valence-electron chi connectivity index (χ1n) is 5.76. The molecule has 1 aliphatic rings. The fraction of sp³-hybridized carbons (Fsp3) is 0.231. The number of aromatic hydroxyl groups is 1. The van der Waals surface area contributed by atoms with Crippen molar-refractivity contribution >= 4 is 56.5 Å². The summed E-state index contributed by atoms with van der Waals surface area (Å²) in [4.78, 5) is 25.4. The van der Waals surface area contributed by atoms with E-state index in [0.29, 0.717) is 15.1 Å². The van der Waals surface area contributed by atoms with Crippen molar-refractivity contribution in [2.24, 2.45) is 0 Å². The summed E-state index contributed by atoms with van der Waals surface area (Å²) >= 11 is 9.94. The van der Waals surface area contributed by atoms with Crippen molar-refractivity contribution in [2.45, 2.75) is 19.9 Å². The van der Waals surface area contributed by atoms with Gasteiger partial charge in [-0.2, -0.15) is 0 Å². The van der Waals surface area contributed by atoms with Gasteiger partial charge in [-0.25, -0.2) is 0 Å². The van der Waals surface area contributed by atoms with Gasteiger partial charge in [0, 0.05) is 16.6 Å². The minimum absolute atomic E-state index is 0.0225. The quantitative estimate of drug-likeness (QED) is 0.784. The molecular weight excluding hydrogens is 366 g/mol. The molecule has 2 amide bonds. The third-order valence-corrected chi connectivity index (χ3v) is 4.39. The molecule has 106 valence electrons. The van der Waals surface area contributed by atoms with Crippen molar-refractivity contribution in [1.82, 2.24) is 4.90 Å². The summed E-state index contributed by atoms with van der Waals surface area (Å²) in [5.41, 5.74) is 0.388. The van der Waals surface area contributed by atoms with Crippen LogP contribution in [0.2, 0.25) is 5.02 Å². The van der Waals surface area contributed by atoms with Gasteiger partial charge in [0.05, 0.1) is 9.38 Å². The number of halogens is 2. The van der Waals surface area contributed by atoms with Crippen molar-refractivity contribution in [3.63, 3.8) is 0 Å². The number of amides is 2. The van der Waals surface area contributed by atoms with Crippen LogP contribution in [0.25, 0.3) is 6.08 Å². The second-order valence-corrected chi connectivity index (χ2v) is 6.75. The Balaban J connectivity index is 2.43. The van der Waals surface area contributed by atoms with E-state index in [1.807, 2.05) is 0 Å². The highest BCUT2D eigenvalue weighted by Gasteiger charge is 2.36. The maximum absolute atomic E-state index is 12.1. The summed E-state index contributed by atoms with van der Waals surface area (Å²) < 4.78 is 0.430. The molecule has 4 nitrogen and oxygen atoms in total. The van der Waals surface area contributed by atoms with Crippen LogP contribution in [0.5, 0.6) is 5.75 Å². The topological polar surface area (TPSA) is 57.6 Å². The lowest BCUT2D eigenvalue weighted by atomic mass is 10.2. The fourth-order valence-electron chi connectivity index (χ4n) is 1.76. The number of rotatable bonds is 2. The lowest BCUT2D eigenvalue weighted by Crippen LogP contribution is -2.34. The van der Waals surface area contributed by atoms with Crippen LogP contribution in [0.15, 0.2) is 21.5 Å². The van der Waals surface area contributed by atoms with E-state index in [4.69, 9.17) is 11.6 Å². The summed E-state index contributed by atoms with van der Waals surface area (Å²) in [7, 11) is 0. The summed E-state index contributed by atoms with van der Waals surface area (Å²) in [5.74, 6) is -0.378. The molecule has 1 aliphatic heterocycles. The number of hydrogen-bond donors (Lipinski definition) is 1. The van der Waals surface area contributed by atoms with Crippen molar-refractivity contribution in [2.75, 3.05) is 0 Å². The smallest absolute Gasteiger partial charge is 0.293 e. The summed E-state index contributed by atoms with van der Waals surface area (Å²) in [5, 5.41) is 10.1. The number of carbonyl (C=O) groups is 2. The van der Waals surface area contributed by atoms with E-state index < -0.39 is 0 Å². The van der Waals surface area contributed by atoms with Gasteiger partial charge in [-0.1, -0.05) is 11.6 Å². The van der Waals surface area contributed by atoms with Crippen LogP contribution in [0.1, 0.15) is 19.4 Å². The van der Waals surface area contributed by atoms with E-state index >= 15 is 0 Å². The molecule has 0 bridgehead atoms. The predicted octanol–water partition coefficient (Wildman–Crippen LogP) is 4.25. The van der Waals surface area contributed by atoms with E-state index in [0.717, 1.165) is 11.8 Å². The Morgan fingerprint density at radius 2 is 2.05 bits per heavy atom. The van der Waals surface area contributed by atoms with Crippen LogP contribution in [0.3, 0.4) is 0 Å². The Bertz CT molecular complexity index is 630. The molecule has 20 heavy (non-hydrogen) atoms. The fourth-order valence-corrected chi connectivity index (χ4v) is 3.55. The van der Waals surface area contributed by atoms with E-state index in [1.54, 1.807) is 19.9 Å². The molecule has 1 aromatic carbocycles. The largest absolute Gasteiger partial charge is 0.506 e. The minimum atomic E-state index is -0.356. The second-order valence-electron chi connectivity index (χ2n) is 4.47. The van der Waals surface area contributed by atoms with Gasteiger partial charge in [0.15, 0.2) is 0 Å². The molecule has 2 rings (SSSR count). The third kappa shape index (κ3) is 2.87. The molecule has 0 aliphatic carbocycles. The maximum Gasteiger partial charge on any atom is 0.293 e. The summed E-state index contributed by atoms with van der Waals surface area (Å²) in [6, 6.07) is 2.88. The highest BCUT2D eigenvalue weighted by Crippen LogP contribution is 2.37. The molecule has 0 atom stereocenters. The third-order valence-electron chi connectivity index (χ3n) is 2.68. The Morgan fingerprint density at radius 3 is 2.60 bits per heavy atom. The summed E-state index contributed by atoms with van der Waals surface area (Å²) in [6.07, 6.45) is 1.47. The van der Waals surface area contributed by atoms with E-state index in [-0.39, 0.29) is 27.8 Å². The zero-order valence-electron chi connectivity index (χ0n) is 10.7. The Labute approximate surface area is 133 Å². The number of hydrogen-bond acceptors (Lipinski definition) is 4. The number of carbonyl (C=O) groups excluding carboxylic acids is 2. The monoisotopic (exact) mass is 375 g/mol. The first-order chi connectivity index (χ1) is 9.31. The van der Waals surface area contributed by atoms with Crippen LogP contribution < -0.4 is 0 Å². The Hall–Kier alpha value is -0.980. The van der Waals surface area contributed by atoms with Crippen molar-refractivity contribution in [1.29, 1.82) is 0 Å². The standard InChI is InChI=1S/C13H11BrClNO3S/c1-6(2)16-12(18)10(20-13(16)19)4-7-3-8(15)5-9(14)11(7)17/h3-6,17H,1-2H3/b10-4+. The first-order valence-corrected chi connectivity index (χ1v) is 7.75. The molecule has 1 saturated heterocycles. The molecule has 1 aromatic rings. The van der Waals surface area contributed by atoms with Gasteiger partial charge in [-0.3, -0.25) is 14.5 Å². The molecule has 0 unspecified atom stereocenters. The number of imide groups is 1. The second kappa shape index (κ2) is 5.79. The molecule has 0 radical (unpaired) electrons. The Morgan fingerprint density at radius 1 is 1.40 bits per heavy atom. The van der Waals surface area contributed by atoms with E-state index in [2.05, 4.69) is 15.9 Å². The average Bonchev–Trinajstić information content (AvgIpc) is 2.60. The van der Waals surface area contributed by atoms with Gasteiger partial charge in [0.1, 0.15) is 5.75 Å². The zero-order valence-corrected chi connectivity index (χ0v) is 13.8. The van der Waals surface area contributed by atoms with Crippen molar-refractivity contribution in [3.8, 4) is 5.75 Å². The van der Waals surface area contributed by atoms with E-state index in [1.165, 1.54) is 17.0 Å². The van der Waals surface area contributed by atoms with Gasteiger partial charge < -0.3 is 5.11 Å². The average molecular weight is 377 g/mol. The van der Waals surface area contributed by atoms with Gasteiger partial charge in [0.25, 0.3) is 11.1 Å². The van der Waals surface area contributed by atoms with Crippen LogP contribution in [-0.4, -0.2) is 27.2 Å². The lowest BCUT2D eigenvalue weighted by molar-refractivity contribution is -0.123. The van der Waals surface area contributed by atoms with Gasteiger partial charge in [0.2, 0.25) is 0 Å². The van der Waals surface area contributed by atoms with Crippen LogP contribution in [0, 0.1) is 0 Å². The SMILES string of the molecule is CC(C)N1C(=O)S/C(=C/c2cc(Cl)cc(Br)c2O)C1=O.